The smallest absolute Gasteiger partial charge is 0.257 e. The van der Waals surface area contributed by atoms with E-state index < -0.39 is 10.0 Å². The molecule has 8 heteroatoms. The van der Waals surface area contributed by atoms with Gasteiger partial charge in [-0.2, -0.15) is 0 Å². The average Bonchev–Trinajstić information content (AvgIpc) is 2.61. The summed E-state index contributed by atoms with van der Waals surface area (Å²) in [7, 11) is -3.36. The summed E-state index contributed by atoms with van der Waals surface area (Å²) in [6, 6.07) is 9.95. The average molecular weight is 413 g/mol. The molecule has 2 aromatic carbocycles. The molecule has 1 amide bonds. The second-order valence-electron chi connectivity index (χ2n) is 6.00. The van der Waals surface area contributed by atoms with E-state index in [1.54, 1.807) is 31.2 Å². The molecule has 0 unspecified atom stereocenters. The van der Waals surface area contributed by atoms with E-state index in [4.69, 9.17) is 23.2 Å². The summed E-state index contributed by atoms with van der Waals surface area (Å²) in [5.41, 5.74) is 2.39. The summed E-state index contributed by atoms with van der Waals surface area (Å²) in [6.07, 6.45) is 1.58. The van der Waals surface area contributed by atoms with Gasteiger partial charge >= 0.3 is 0 Å². The van der Waals surface area contributed by atoms with E-state index in [2.05, 4.69) is 5.32 Å². The van der Waals surface area contributed by atoms with Gasteiger partial charge in [-0.1, -0.05) is 29.3 Å². The zero-order chi connectivity index (χ0) is 18.9. The number of rotatable bonds is 4. The van der Waals surface area contributed by atoms with E-state index in [0.29, 0.717) is 28.5 Å². The van der Waals surface area contributed by atoms with Gasteiger partial charge in [0.25, 0.3) is 5.91 Å². The highest BCUT2D eigenvalue weighted by Gasteiger charge is 2.26. The molecule has 1 aliphatic rings. The van der Waals surface area contributed by atoms with Crippen molar-refractivity contribution in [2.75, 3.05) is 21.9 Å². The lowest BCUT2D eigenvalue weighted by Crippen LogP contribution is -2.36. The number of aryl methyl sites for hydroxylation is 1. The van der Waals surface area contributed by atoms with Gasteiger partial charge in [0, 0.05) is 17.3 Å². The number of carbonyl (C=O) groups excluding carboxylic acids is 1. The number of halogens is 2. The fourth-order valence-corrected chi connectivity index (χ4v) is 4.62. The van der Waals surface area contributed by atoms with Crippen molar-refractivity contribution in [1.29, 1.82) is 0 Å². The van der Waals surface area contributed by atoms with E-state index in [1.807, 2.05) is 6.07 Å². The van der Waals surface area contributed by atoms with Crippen LogP contribution in [-0.2, 0) is 16.4 Å². The molecule has 0 saturated heterocycles. The summed E-state index contributed by atoms with van der Waals surface area (Å²) in [5.74, 6) is -0.351. The largest absolute Gasteiger partial charge is 0.322 e. The van der Waals surface area contributed by atoms with Gasteiger partial charge in [0.2, 0.25) is 10.0 Å². The van der Waals surface area contributed by atoms with E-state index >= 15 is 0 Å². The number of amides is 1. The third-order valence-corrected chi connectivity index (χ3v) is 6.62. The fourth-order valence-electron chi connectivity index (χ4n) is 2.94. The van der Waals surface area contributed by atoms with Crippen molar-refractivity contribution in [3.63, 3.8) is 0 Å². The van der Waals surface area contributed by atoms with Gasteiger partial charge in [0.05, 0.1) is 22.0 Å². The van der Waals surface area contributed by atoms with Gasteiger partial charge < -0.3 is 5.32 Å². The number of fused-ring (bicyclic) bond motifs is 1. The van der Waals surface area contributed by atoms with Crippen molar-refractivity contribution in [1.82, 2.24) is 0 Å². The maximum atomic E-state index is 12.5. The molecule has 0 bridgehead atoms. The molecule has 1 heterocycles. The Morgan fingerprint density at radius 2 is 1.96 bits per heavy atom. The predicted octanol–water partition coefficient (Wildman–Crippen LogP) is 4.35. The first-order chi connectivity index (χ1) is 12.3. The summed E-state index contributed by atoms with van der Waals surface area (Å²) >= 11 is 11.9. The predicted molar refractivity (Wildman–Crippen MR) is 106 cm³/mol. The van der Waals surface area contributed by atoms with Gasteiger partial charge in [-0.25, -0.2) is 8.42 Å². The van der Waals surface area contributed by atoms with E-state index in [-0.39, 0.29) is 16.7 Å². The highest BCUT2D eigenvalue weighted by Crippen LogP contribution is 2.32. The molecule has 1 aliphatic heterocycles. The molecule has 0 saturated carbocycles. The number of hydrogen-bond acceptors (Lipinski definition) is 3. The number of nitrogens with one attached hydrogen (secondary N) is 1. The minimum absolute atomic E-state index is 0.0312. The summed E-state index contributed by atoms with van der Waals surface area (Å²) in [6.45, 7) is 2.07. The van der Waals surface area contributed by atoms with Crippen molar-refractivity contribution in [2.45, 2.75) is 19.8 Å². The zero-order valence-electron chi connectivity index (χ0n) is 14.1. The maximum absolute atomic E-state index is 12.5. The Labute approximate surface area is 163 Å². The minimum Gasteiger partial charge on any atom is -0.322 e. The van der Waals surface area contributed by atoms with Crippen LogP contribution in [0.5, 0.6) is 0 Å². The Morgan fingerprint density at radius 1 is 1.19 bits per heavy atom. The van der Waals surface area contributed by atoms with E-state index in [1.165, 1.54) is 10.4 Å². The normalized spacial score (nSPS) is 14.0. The van der Waals surface area contributed by atoms with Crippen LogP contribution < -0.4 is 9.62 Å². The van der Waals surface area contributed by atoms with Crippen LogP contribution in [0.4, 0.5) is 11.4 Å². The van der Waals surface area contributed by atoms with Gasteiger partial charge in [-0.05, 0) is 55.7 Å². The van der Waals surface area contributed by atoms with Gasteiger partial charge in [-0.3, -0.25) is 9.10 Å². The Kier molecular flexibility index (Phi) is 5.46. The molecule has 26 heavy (non-hydrogen) atoms. The van der Waals surface area contributed by atoms with Crippen LogP contribution in [0.3, 0.4) is 0 Å². The number of carbonyl (C=O) groups is 1. The SMILES string of the molecule is CCS(=O)(=O)N1CCCc2ccc(NC(=O)c3ccc(Cl)cc3Cl)cc21. The fraction of sp³-hybridized carbons (Fsp3) is 0.278. The third-order valence-electron chi connectivity index (χ3n) is 4.30. The first kappa shape index (κ1) is 19.0. The molecule has 2 aromatic rings. The van der Waals surface area contributed by atoms with Crippen molar-refractivity contribution < 1.29 is 13.2 Å². The summed E-state index contributed by atoms with van der Waals surface area (Å²) in [4.78, 5) is 12.5. The minimum atomic E-state index is -3.36. The standard InChI is InChI=1S/C18H18Cl2N2O3S/c1-2-26(24,25)22-9-3-4-12-5-7-14(11-17(12)22)21-18(23)15-8-6-13(19)10-16(15)20/h5-8,10-11H,2-4,9H2,1H3,(H,21,23). The van der Waals surface area contributed by atoms with Crippen LogP contribution in [0.2, 0.25) is 10.0 Å². The van der Waals surface area contributed by atoms with E-state index in [9.17, 15) is 13.2 Å². The van der Waals surface area contributed by atoms with Crippen LogP contribution in [0.25, 0.3) is 0 Å². The Hall–Kier alpha value is -1.76. The van der Waals surface area contributed by atoms with Crippen LogP contribution in [0.15, 0.2) is 36.4 Å². The van der Waals surface area contributed by atoms with E-state index in [0.717, 1.165) is 18.4 Å². The van der Waals surface area contributed by atoms with Crippen LogP contribution >= 0.6 is 23.2 Å². The quantitative estimate of drug-likeness (QED) is 0.811. The van der Waals surface area contributed by atoms with Crippen LogP contribution in [-0.4, -0.2) is 26.6 Å². The molecule has 1 N–H and O–H groups in total. The molecular formula is C18H18Cl2N2O3S. The first-order valence-corrected chi connectivity index (χ1v) is 10.6. The maximum Gasteiger partial charge on any atom is 0.257 e. The molecule has 0 spiro atoms. The lowest BCUT2D eigenvalue weighted by atomic mass is 10.0. The van der Waals surface area contributed by atoms with Crippen molar-refractivity contribution in [3.8, 4) is 0 Å². The lowest BCUT2D eigenvalue weighted by Gasteiger charge is -2.30. The molecule has 0 aliphatic carbocycles. The molecule has 0 radical (unpaired) electrons. The zero-order valence-corrected chi connectivity index (χ0v) is 16.5. The molecule has 0 fully saturated rings. The van der Waals surface area contributed by atoms with Gasteiger partial charge in [0.1, 0.15) is 0 Å². The number of sulfonamides is 1. The Balaban J connectivity index is 1.91. The second kappa shape index (κ2) is 7.47. The molecule has 0 atom stereocenters. The number of hydrogen-bond donors (Lipinski definition) is 1. The van der Waals surface area contributed by atoms with Crippen LogP contribution in [0, 0.1) is 0 Å². The molecule has 3 rings (SSSR count). The third kappa shape index (κ3) is 3.82. The van der Waals surface area contributed by atoms with Crippen LogP contribution in [0.1, 0.15) is 29.3 Å². The van der Waals surface area contributed by atoms with Gasteiger partial charge in [-0.15, -0.1) is 0 Å². The molecule has 5 nitrogen and oxygen atoms in total. The summed E-state index contributed by atoms with van der Waals surface area (Å²) < 4.78 is 26.1. The molecular weight excluding hydrogens is 395 g/mol. The summed E-state index contributed by atoms with van der Waals surface area (Å²) in [5, 5.41) is 3.47. The highest BCUT2D eigenvalue weighted by molar-refractivity contribution is 7.92. The monoisotopic (exact) mass is 412 g/mol. The number of anilines is 2. The topological polar surface area (TPSA) is 66.5 Å². The lowest BCUT2D eigenvalue weighted by molar-refractivity contribution is 0.102. The van der Waals surface area contributed by atoms with Crippen molar-refractivity contribution in [3.05, 3.63) is 57.6 Å². The Bertz CT molecular complexity index is 961. The second-order valence-corrected chi connectivity index (χ2v) is 9.02. The number of nitrogens with zero attached hydrogens (tertiary/aromatic N) is 1. The van der Waals surface area contributed by atoms with Crippen molar-refractivity contribution >= 4 is 50.5 Å². The number of benzene rings is 2. The molecule has 0 aromatic heterocycles. The first-order valence-electron chi connectivity index (χ1n) is 8.21. The highest BCUT2D eigenvalue weighted by atomic mass is 35.5. The molecule has 138 valence electrons. The van der Waals surface area contributed by atoms with Gasteiger partial charge in [0.15, 0.2) is 0 Å². The Morgan fingerprint density at radius 3 is 2.65 bits per heavy atom. The van der Waals surface area contributed by atoms with Crippen molar-refractivity contribution in [2.24, 2.45) is 0 Å².